The van der Waals surface area contributed by atoms with Gasteiger partial charge in [-0.15, -0.1) is 0 Å². The minimum atomic E-state index is -4.92. The van der Waals surface area contributed by atoms with Gasteiger partial charge in [-0.1, -0.05) is 0 Å². The SMILES string of the molecule is O=C([O-])[C@@H]1CCCN1/C=C/C(=O)C(F)(F)F. The van der Waals surface area contributed by atoms with Gasteiger partial charge in [-0.2, -0.15) is 13.2 Å². The van der Waals surface area contributed by atoms with Crippen LogP contribution in [0.25, 0.3) is 0 Å². The molecule has 0 aromatic carbocycles. The number of rotatable bonds is 3. The smallest absolute Gasteiger partial charge is 0.454 e. The Morgan fingerprint density at radius 3 is 2.50 bits per heavy atom. The van der Waals surface area contributed by atoms with Gasteiger partial charge >= 0.3 is 6.18 Å². The first kappa shape index (κ1) is 12.5. The highest BCUT2D eigenvalue weighted by atomic mass is 19.4. The lowest BCUT2D eigenvalue weighted by Gasteiger charge is -2.23. The van der Waals surface area contributed by atoms with Gasteiger partial charge in [0.15, 0.2) is 0 Å². The van der Waals surface area contributed by atoms with Crippen LogP contribution in [0.3, 0.4) is 0 Å². The number of aliphatic carboxylic acids is 1. The highest BCUT2D eigenvalue weighted by Gasteiger charge is 2.36. The molecule has 0 amide bonds. The van der Waals surface area contributed by atoms with E-state index in [1.165, 1.54) is 4.90 Å². The maximum atomic E-state index is 11.8. The second kappa shape index (κ2) is 4.54. The Morgan fingerprint density at radius 2 is 2.00 bits per heavy atom. The van der Waals surface area contributed by atoms with Crippen LogP contribution in [0.5, 0.6) is 0 Å². The summed E-state index contributed by atoms with van der Waals surface area (Å²) in [7, 11) is 0. The van der Waals surface area contributed by atoms with Gasteiger partial charge in [0, 0.05) is 18.8 Å². The summed E-state index contributed by atoms with van der Waals surface area (Å²) in [5.41, 5.74) is 0. The summed E-state index contributed by atoms with van der Waals surface area (Å²) in [5.74, 6) is -3.35. The molecule has 1 aliphatic heterocycles. The first-order valence-electron chi connectivity index (χ1n) is 4.58. The lowest BCUT2D eigenvalue weighted by Crippen LogP contribution is -2.42. The number of carboxylic acid groups (broad SMARTS) is 1. The van der Waals surface area contributed by atoms with Crippen molar-refractivity contribution in [1.82, 2.24) is 4.90 Å². The number of halogens is 3. The van der Waals surface area contributed by atoms with Crippen LogP contribution in [0.2, 0.25) is 0 Å². The molecule has 1 fully saturated rings. The molecule has 1 aliphatic rings. The summed E-state index contributed by atoms with van der Waals surface area (Å²) in [6, 6.07) is -0.947. The second-order valence-electron chi connectivity index (χ2n) is 3.39. The summed E-state index contributed by atoms with van der Waals surface area (Å²) in [6.07, 6.45) is -2.87. The zero-order valence-corrected chi connectivity index (χ0v) is 8.16. The topological polar surface area (TPSA) is 60.4 Å². The van der Waals surface area contributed by atoms with E-state index in [4.69, 9.17) is 0 Å². The molecule has 0 spiro atoms. The third-order valence-electron chi connectivity index (χ3n) is 2.26. The largest absolute Gasteiger partial charge is 0.548 e. The van der Waals surface area contributed by atoms with Crippen LogP contribution in [-0.4, -0.2) is 35.4 Å². The number of ketones is 1. The molecule has 0 aliphatic carbocycles. The van der Waals surface area contributed by atoms with E-state index < -0.39 is 24.0 Å². The lowest BCUT2D eigenvalue weighted by molar-refractivity contribution is -0.310. The minimum absolute atomic E-state index is 0.306. The normalized spacial score (nSPS) is 21.7. The zero-order chi connectivity index (χ0) is 12.3. The molecule has 1 saturated heterocycles. The van der Waals surface area contributed by atoms with Crippen LogP contribution in [0.15, 0.2) is 12.3 Å². The Labute approximate surface area is 89.3 Å². The van der Waals surface area contributed by atoms with Crippen molar-refractivity contribution >= 4 is 11.8 Å². The molecule has 0 unspecified atom stereocenters. The fourth-order valence-corrected chi connectivity index (χ4v) is 1.48. The van der Waals surface area contributed by atoms with Gasteiger partial charge in [0.1, 0.15) is 0 Å². The summed E-state index contributed by atoms with van der Waals surface area (Å²) in [6.45, 7) is 0.306. The molecule has 7 heteroatoms. The third-order valence-corrected chi connectivity index (χ3v) is 2.26. The van der Waals surface area contributed by atoms with Gasteiger partial charge in [0.25, 0.3) is 5.78 Å². The summed E-state index contributed by atoms with van der Waals surface area (Å²) < 4.78 is 35.5. The monoisotopic (exact) mass is 236 g/mol. The van der Waals surface area contributed by atoms with Gasteiger partial charge < -0.3 is 14.8 Å². The quantitative estimate of drug-likeness (QED) is 0.639. The fourth-order valence-electron chi connectivity index (χ4n) is 1.48. The standard InChI is InChI=1S/C9H10F3NO3/c10-9(11,12)7(14)3-5-13-4-1-2-6(13)8(15)16/h3,5-6H,1-2,4H2,(H,15,16)/p-1/b5-3+/t6-/m0/s1. The minimum Gasteiger partial charge on any atom is -0.548 e. The van der Waals surface area contributed by atoms with E-state index in [0.717, 1.165) is 6.20 Å². The maximum absolute atomic E-state index is 11.8. The number of likely N-dealkylation sites (tertiary alicyclic amines) is 1. The van der Waals surface area contributed by atoms with Gasteiger partial charge in [0.2, 0.25) is 0 Å². The number of nitrogens with zero attached hydrogens (tertiary/aromatic N) is 1. The van der Waals surface area contributed by atoms with Gasteiger partial charge in [-0.25, -0.2) is 0 Å². The van der Waals surface area contributed by atoms with Crippen molar-refractivity contribution in [2.24, 2.45) is 0 Å². The number of hydrogen-bond acceptors (Lipinski definition) is 4. The van der Waals surface area contributed by atoms with E-state index in [-0.39, 0.29) is 0 Å². The number of carbonyl (C=O) groups excluding carboxylic acids is 2. The Hall–Kier alpha value is -1.53. The van der Waals surface area contributed by atoms with Crippen LogP contribution in [0, 0.1) is 0 Å². The van der Waals surface area contributed by atoms with Crippen molar-refractivity contribution in [1.29, 1.82) is 0 Å². The number of hydrogen-bond donors (Lipinski definition) is 0. The molecule has 0 aromatic rings. The number of alkyl halides is 3. The fraction of sp³-hybridized carbons (Fsp3) is 0.556. The molecule has 4 nitrogen and oxygen atoms in total. The Morgan fingerprint density at radius 1 is 1.38 bits per heavy atom. The average molecular weight is 236 g/mol. The van der Waals surface area contributed by atoms with Gasteiger partial charge in [-0.3, -0.25) is 4.79 Å². The second-order valence-corrected chi connectivity index (χ2v) is 3.39. The molecule has 0 saturated carbocycles. The van der Waals surface area contributed by atoms with Crippen LogP contribution in [0.4, 0.5) is 13.2 Å². The van der Waals surface area contributed by atoms with Gasteiger partial charge in [0.05, 0.1) is 12.0 Å². The van der Waals surface area contributed by atoms with Crippen molar-refractivity contribution in [3.63, 3.8) is 0 Å². The van der Waals surface area contributed by atoms with Crippen LogP contribution in [0.1, 0.15) is 12.8 Å². The molecule has 0 N–H and O–H groups in total. The van der Waals surface area contributed by atoms with Crippen LogP contribution in [-0.2, 0) is 9.59 Å². The van der Waals surface area contributed by atoms with E-state index in [9.17, 15) is 27.9 Å². The first-order valence-corrected chi connectivity index (χ1v) is 4.58. The molecular formula is C9H9F3NO3-. The molecule has 16 heavy (non-hydrogen) atoms. The highest BCUT2D eigenvalue weighted by Crippen LogP contribution is 2.19. The summed E-state index contributed by atoms with van der Waals surface area (Å²) >= 11 is 0. The van der Waals surface area contributed by atoms with E-state index in [1.54, 1.807) is 0 Å². The number of carboxylic acids is 1. The molecule has 90 valence electrons. The Kier molecular flexibility index (Phi) is 3.56. The zero-order valence-electron chi connectivity index (χ0n) is 8.16. The van der Waals surface area contributed by atoms with Crippen LogP contribution < -0.4 is 5.11 Å². The molecule has 0 radical (unpaired) electrons. The summed E-state index contributed by atoms with van der Waals surface area (Å²) in [4.78, 5) is 22.2. The van der Waals surface area contributed by atoms with E-state index in [2.05, 4.69) is 0 Å². The predicted molar refractivity (Wildman–Crippen MR) is 44.9 cm³/mol. The van der Waals surface area contributed by atoms with Crippen molar-refractivity contribution in [3.8, 4) is 0 Å². The van der Waals surface area contributed by atoms with E-state index >= 15 is 0 Å². The van der Waals surface area contributed by atoms with E-state index in [1.807, 2.05) is 0 Å². The molecule has 1 atom stereocenters. The Bertz CT molecular complexity index is 324. The van der Waals surface area contributed by atoms with Crippen molar-refractivity contribution < 1.29 is 27.9 Å². The lowest BCUT2D eigenvalue weighted by atomic mass is 10.2. The number of allylic oxidation sites excluding steroid dienone is 1. The molecule has 0 bridgehead atoms. The van der Waals surface area contributed by atoms with Crippen LogP contribution >= 0.6 is 0 Å². The predicted octanol–water partition coefficient (Wildman–Crippen LogP) is -0.154. The maximum Gasteiger partial charge on any atom is 0.454 e. The third kappa shape index (κ3) is 2.98. The molecule has 0 aromatic heterocycles. The molecule has 1 rings (SSSR count). The van der Waals surface area contributed by atoms with Gasteiger partial charge in [-0.05, 0) is 12.8 Å². The highest BCUT2D eigenvalue weighted by molar-refractivity contribution is 5.94. The van der Waals surface area contributed by atoms with E-state index in [0.29, 0.717) is 25.5 Å². The average Bonchev–Trinajstić information content (AvgIpc) is 2.60. The summed E-state index contributed by atoms with van der Waals surface area (Å²) in [5, 5.41) is 10.6. The first-order chi connectivity index (χ1) is 7.32. The Balaban J connectivity index is 2.63. The van der Waals surface area contributed by atoms with Crippen molar-refractivity contribution in [2.45, 2.75) is 25.1 Å². The molecule has 1 heterocycles. The van der Waals surface area contributed by atoms with Crippen molar-refractivity contribution in [2.75, 3.05) is 6.54 Å². The number of carbonyl (C=O) groups is 2. The molecular weight excluding hydrogens is 227 g/mol. The van der Waals surface area contributed by atoms with Crippen molar-refractivity contribution in [3.05, 3.63) is 12.3 Å².